The van der Waals surface area contributed by atoms with Crippen LogP contribution in [0.2, 0.25) is 0 Å². The van der Waals surface area contributed by atoms with Gasteiger partial charge in [-0.25, -0.2) is 0 Å². The fourth-order valence-electron chi connectivity index (χ4n) is 2.92. The number of para-hydroxylation sites is 1. The fourth-order valence-corrected chi connectivity index (χ4v) is 2.92. The van der Waals surface area contributed by atoms with Gasteiger partial charge in [0.2, 0.25) is 0 Å². The number of carbonyl (C=O) groups excluding carboxylic acids is 1. The van der Waals surface area contributed by atoms with Gasteiger partial charge < -0.3 is 9.88 Å². The summed E-state index contributed by atoms with van der Waals surface area (Å²) in [5.74, 6) is -0.404. The van der Waals surface area contributed by atoms with Crippen LogP contribution in [-0.2, 0) is 11.5 Å². The highest BCUT2D eigenvalue weighted by atomic mass is 19.4. The minimum absolute atomic E-state index is 0.256. The lowest BCUT2D eigenvalue weighted by Gasteiger charge is -2.31. The quantitative estimate of drug-likeness (QED) is 0.707. The van der Waals surface area contributed by atoms with E-state index in [1.807, 2.05) is 0 Å². The van der Waals surface area contributed by atoms with Crippen molar-refractivity contribution in [2.24, 2.45) is 0 Å². The maximum atomic E-state index is 12.8. The Hall–Kier alpha value is -2.89. The first-order valence-electron chi connectivity index (χ1n) is 7.94. The Morgan fingerprint density at radius 1 is 1.04 bits per heavy atom. The Balaban J connectivity index is 2.13. The second-order valence-corrected chi connectivity index (χ2v) is 6.01. The molecule has 0 aliphatic heterocycles. The van der Waals surface area contributed by atoms with E-state index in [4.69, 9.17) is 15.7 Å². The standard InChI is InChI=1S/C19H13B2F3N2O/c1-2-25-17(27)15-5-3-4-12-10-11-26(16(12)15)18(20,21)13-6-8-14(9-7-13)19(22,23)24/h2-11H,1H2,(H,25,27). The number of halogens is 3. The van der Waals surface area contributed by atoms with Crippen LogP contribution in [0.3, 0.4) is 0 Å². The Kier molecular flexibility index (Phi) is 4.68. The number of hydrogen-bond acceptors (Lipinski definition) is 1. The first kappa shape index (κ1) is 18.9. The van der Waals surface area contributed by atoms with Gasteiger partial charge in [0.15, 0.2) is 0 Å². The Labute approximate surface area is 156 Å². The Bertz CT molecular complexity index is 1010. The molecule has 0 bridgehead atoms. The molecule has 0 saturated heterocycles. The molecule has 1 N–H and O–H groups in total. The molecular formula is C19H13B2F3N2O. The number of alkyl halides is 3. The lowest BCUT2D eigenvalue weighted by atomic mass is 9.57. The molecule has 0 aliphatic rings. The summed E-state index contributed by atoms with van der Waals surface area (Å²) in [5.41, 5.74) is 0.226. The van der Waals surface area contributed by atoms with Crippen LogP contribution < -0.4 is 5.32 Å². The molecule has 0 aliphatic carbocycles. The van der Waals surface area contributed by atoms with E-state index >= 15 is 0 Å². The van der Waals surface area contributed by atoms with Crippen molar-refractivity contribution in [1.82, 2.24) is 9.88 Å². The van der Waals surface area contributed by atoms with Gasteiger partial charge in [0.1, 0.15) is 0 Å². The molecule has 1 aromatic heterocycles. The predicted octanol–water partition coefficient (Wildman–Crippen LogP) is 3.53. The van der Waals surface area contributed by atoms with E-state index in [9.17, 15) is 18.0 Å². The zero-order valence-corrected chi connectivity index (χ0v) is 14.1. The fraction of sp³-hybridized carbons (Fsp3) is 0.105. The molecule has 3 rings (SSSR count). The average molecular weight is 364 g/mol. The van der Waals surface area contributed by atoms with Crippen LogP contribution in [0, 0.1) is 0 Å². The molecular weight excluding hydrogens is 351 g/mol. The number of nitrogens with zero attached hydrogens (tertiary/aromatic N) is 1. The van der Waals surface area contributed by atoms with Crippen LogP contribution >= 0.6 is 0 Å². The van der Waals surface area contributed by atoms with Gasteiger partial charge in [-0.3, -0.25) is 4.79 Å². The summed E-state index contributed by atoms with van der Waals surface area (Å²) < 4.78 is 39.8. The van der Waals surface area contributed by atoms with Gasteiger partial charge in [0.05, 0.1) is 32.3 Å². The molecule has 1 heterocycles. The zero-order chi connectivity index (χ0) is 19.8. The van der Waals surface area contributed by atoms with Crippen molar-refractivity contribution in [1.29, 1.82) is 0 Å². The summed E-state index contributed by atoms with van der Waals surface area (Å²) in [6.45, 7) is 3.46. The summed E-state index contributed by atoms with van der Waals surface area (Å²) in [5, 5.41) is 1.53. The van der Waals surface area contributed by atoms with E-state index in [0.717, 1.165) is 12.1 Å². The average Bonchev–Trinajstić information content (AvgIpc) is 3.06. The molecule has 0 atom stereocenters. The highest BCUT2D eigenvalue weighted by Crippen LogP contribution is 2.32. The van der Waals surface area contributed by atoms with Crippen LogP contribution in [0.5, 0.6) is 0 Å². The second-order valence-electron chi connectivity index (χ2n) is 6.01. The van der Waals surface area contributed by atoms with Crippen LogP contribution in [0.1, 0.15) is 21.5 Å². The molecule has 0 fully saturated rings. The van der Waals surface area contributed by atoms with Crippen molar-refractivity contribution in [3.63, 3.8) is 0 Å². The Morgan fingerprint density at radius 2 is 1.67 bits per heavy atom. The molecule has 27 heavy (non-hydrogen) atoms. The zero-order valence-electron chi connectivity index (χ0n) is 14.1. The maximum absolute atomic E-state index is 12.8. The number of benzene rings is 2. The van der Waals surface area contributed by atoms with Crippen molar-refractivity contribution < 1.29 is 18.0 Å². The lowest BCUT2D eigenvalue weighted by molar-refractivity contribution is -0.137. The first-order chi connectivity index (χ1) is 12.7. The SMILES string of the molecule is [B]C([B])(c1ccc(C(F)(F)F)cc1)n1ccc2cccc(C(=O)NC=C)c21. The highest BCUT2D eigenvalue weighted by Gasteiger charge is 2.31. The molecule has 132 valence electrons. The summed E-state index contributed by atoms with van der Waals surface area (Å²) in [4.78, 5) is 12.3. The monoisotopic (exact) mass is 364 g/mol. The predicted molar refractivity (Wildman–Crippen MR) is 99.6 cm³/mol. The topological polar surface area (TPSA) is 34.0 Å². The van der Waals surface area contributed by atoms with Crippen LogP contribution in [-0.4, -0.2) is 26.2 Å². The molecule has 0 unspecified atom stereocenters. The van der Waals surface area contributed by atoms with Crippen molar-refractivity contribution in [2.75, 3.05) is 0 Å². The van der Waals surface area contributed by atoms with E-state index in [-0.39, 0.29) is 5.56 Å². The van der Waals surface area contributed by atoms with Crippen molar-refractivity contribution in [2.45, 2.75) is 11.5 Å². The van der Waals surface area contributed by atoms with Crippen molar-refractivity contribution >= 4 is 32.5 Å². The van der Waals surface area contributed by atoms with Crippen LogP contribution in [0.25, 0.3) is 10.9 Å². The number of fused-ring (bicyclic) bond motifs is 1. The van der Waals surface area contributed by atoms with Gasteiger partial charge in [-0.2, -0.15) is 13.2 Å². The number of rotatable bonds is 4. The molecule has 8 heteroatoms. The van der Waals surface area contributed by atoms with E-state index < -0.39 is 23.0 Å². The number of aromatic nitrogens is 1. The van der Waals surface area contributed by atoms with Gasteiger partial charge in [-0.05, 0) is 41.4 Å². The molecule has 1 amide bonds. The van der Waals surface area contributed by atoms with Crippen molar-refractivity contribution in [3.8, 4) is 0 Å². The van der Waals surface area contributed by atoms with E-state index in [1.54, 1.807) is 30.5 Å². The van der Waals surface area contributed by atoms with Crippen LogP contribution in [0.4, 0.5) is 13.2 Å². The molecule has 3 nitrogen and oxygen atoms in total. The first-order valence-corrected chi connectivity index (χ1v) is 7.94. The summed E-state index contributed by atoms with van der Waals surface area (Å²) in [7, 11) is 12.6. The minimum Gasteiger partial charge on any atom is -0.354 e. The van der Waals surface area contributed by atoms with E-state index in [2.05, 4.69) is 11.9 Å². The summed E-state index contributed by atoms with van der Waals surface area (Å²) in [6, 6.07) is 11.1. The molecule has 0 saturated carbocycles. The molecule has 4 radical (unpaired) electrons. The van der Waals surface area contributed by atoms with Gasteiger partial charge in [-0.15, -0.1) is 0 Å². The highest BCUT2D eigenvalue weighted by molar-refractivity contribution is 6.40. The van der Waals surface area contributed by atoms with E-state index in [1.165, 1.54) is 22.9 Å². The number of hydrogen-bond donors (Lipinski definition) is 1. The van der Waals surface area contributed by atoms with Gasteiger partial charge in [-0.1, -0.05) is 30.8 Å². The summed E-state index contributed by atoms with van der Waals surface area (Å²) in [6.07, 6.45) is -1.62. The lowest BCUT2D eigenvalue weighted by Crippen LogP contribution is -2.36. The van der Waals surface area contributed by atoms with E-state index in [0.29, 0.717) is 16.5 Å². The third-order valence-corrected chi connectivity index (χ3v) is 4.26. The van der Waals surface area contributed by atoms with Crippen molar-refractivity contribution in [3.05, 3.63) is 84.2 Å². The van der Waals surface area contributed by atoms with Crippen LogP contribution in [0.15, 0.2) is 67.5 Å². The van der Waals surface area contributed by atoms with Gasteiger partial charge in [0.25, 0.3) is 5.91 Å². The number of amides is 1. The normalized spacial score (nSPS) is 12.1. The van der Waals surface area contributed by atoms with Gasteiger partial charge >= 0.3 is 6.18 Å². The Morgan fingerprint density at radius 3 is 2.26 bits per heavy atom. The molecule has 0 spiro atoms. The smallest absolute Gasteiger partial charge is 0.354 e. The second kappa shape index (κ2) is 6.68. The summed E-state index contributed by atoms with van der Waals surface area (Å²) >= 11 is 0. The third-order valence-electron chi connectivity index (χ3n) is 4.26. The molecule has 2 aromatic carbocycles. The third kappa shape index (κ3) is 3.39. The number of nitrogens with one attached hydrogen (secondary N) is 1. The minimum atomic E-state index is -4.46. The largest absolute Gasteiger partial charge is 0.416 e. The van der Waals surface area contributed by atoms with Gasteiger partial charge in [0, 0.05) is 11.6 Å². The molecule has 3 aromatic rings. The number of carbonyl (C=O) groups is 1. The maximum Gasteiger partial charge on any atom is 0.416 e.